The number of piperidine rings is 1. The van der Waals surface area contributed by atoms with E-state index in [4.69, 9.17) is 15.1 Å². The van der Waals surface area contributed by atoms with E-state index in [0.717, 1.165) is 19.3 Å². The van der Waals surface area contributed by atoms with Gasteiger partial charge in [0.1, 0.15) is 12.6 Å². The zero-order chi connectivity index (χ0) is 15.0. The molecule has 0 spiro atoms. The van der Waals surface area contributed by atoms with Crippen molar-refractivity contribution in [2.45, 2.75) is 49.9 Å². The second kappa shape index (κ2) is 5.62. The lowest BCUT2D eigenvalue weighted by atomic mass is 9.97. The van der Waals surface area contributed by atoms with Crippen molar-refractivity contribution < 1.29 is 19.4 Å². The Labute approximate surface area is 122 Å². The van der Waals surface area contributed by atoms with Crippen molar-refractivity contribution in [1.82, 2.24) is 10.2 Å². The van der Waals surface area contributed by atoms with Gasteiger partial charge in [-0.05, 0) is 31.6 Å². The standard InChI is InChI=1S/C14H19N3O4/c15-6-9-2-1-3-17(9)14(20)13-8-4-10(16-13)11(5-8)21-7-12(18)19/h8-11,13,16H,1-5,7H2,(H,18,19)/t8-,9-,10+,11+,13-/m0/s1. The Morgan fingerprint density at radius 1 is 1.43 bits per heavy atom. The second-order valence-electron chi connectivity index (χ2n) is 6.04. The van der Waals surface area contributed by atoms with Crippen LogP contribution >= 0.6 is 0 Å². The molecule has 0 unspecified atom stereocenters. The van der Waals surface area contributed by atoms with Crippen LogP contribution in [0.25, 0.3) is 0 Å². The third-order valence-corrected chi connectivity index (χ3v) is 4.78. The lowest BCUT2D eigenvalue weighted by molar-refractivity contribution is -0.146. The molecule has 0 radical (unpaired) electrons. The van der Waals surface area contributed by atoms with Crippen molar-refractivity contribution in [2.75, 3.05) is 13.2 Å². The van der Waals surface area contributed by atoms with Gasteiger partial charge in [0.25, 0.3) is 0 Å². The van der Waals surface area contributed by atoms with Crippen LogP contribution < -0.4 is 5.32 Å². The van der Waals surface area contributed by atoms with Gasteiger partial charge in [-0.2, -0.15) is 5.26 Å². The van der Waals surface area contributed by atoms with E-state index < -0.39 is 5.97 Å². The first-order valence-electron chi connectivity index (χ1n) is 7.39. The molecule has 1 aliphatic carbocycles. The first-order valence-corrected chi connectivity index (χ1v) is 7.39. The summed E-state index contributed by atoms with van der Waals surface area (Å²) in [6, 6.07) is 1.70. The van der Waals surface area contributed by atoms with Gasteiger partial charge in [0.05, 0.1) is 18.2 Å². The second-order valence-corrected chi connectivity index (χ2v) is 6.04. The smallest absolute Gasteiger partial charge is 0.329 e. The zero-order valence-electron chi connectivity index (χ0n) is 11.7. The number of ether oxygens (including phenoxy) is 1. The Bertz CT molecular complexity index is 489. The fourth-order valence-electron chi connectivity index (χ4n) is 3.83. The van der Waals surface area contributed by atoms with Crippen LogP contribution in [0.1, 0.15) is 25.7 Å². The molecule has 0 aromatic carbocycles. The van der Waals surface area contributed by atoms with Crippen molar-refractivity contribution in [1.29, 1.82) is 5.26 Å². The van der Waals surface area contributed by atoms with Gasteiger partial charge >= 0.3 is 5.97 Å². The van der Waals surface area contributed by atoms with Gasteiger partial charge in [-0.15, -0.1) is 0 Å². The van der Waals surface area contributed by atoms with Gasteiger partial charge in [0, 0.05) is 12.6 Å². The minimum absolute atomic E-state index is 0.0169. The highest BCUT2D eigenvalue weighted by Crippen LogP contribution is 2.38. The maximum absolute atomic E-state index is 12.6. The predicted octanol–water partition coefficient (Wildman–Crippen LogP) is -0.279. The van der Waals surface area contributed by atoms with E-state index in [0.29, 0.717) is 13.0 Å². The molecule has 2 saturated heterocycles. The van der Waals surface area contributed by atoms with Crippen LogP contribution in [0.3, 0.4) is 0 Å². The fourth-order valence-corrected chi connectivity index (χ4v) is 3.83. The van der Waals surface area contributed by atoms with E-state index in [9.17, 15) is 9.59 Å². The van der Waals surface area contributed by atoms with Crippen LogP contribution in [-0.4, -0.2) is 59.3 Å². The first-order chi connectivity index (χ1) is 10.1. The van der Waals surface area contributed by atoms with Gasteiger partial charge in [-0.3, -0.25) is 4.79 Å². The summed E-state index contributed by atoms with van der Waals surface area (Å²) in [5.74, 6) is -0.774. The number of nitrogens with zero attached hydrogens (tertiary/aromatic N) is 2. The molecule has 7 nitrogen and oxygen atoms in total. The molecule has 2 N–H and O–H groups in total. The van der Waals surface area contributed by atoms with Crippen molar-refractivity contribution in [3.8, 4) is 6.07 Å². The summed E-state index contributed by atoms with van der Waals surface area (Å²) in [5, 5.41) is 21.0. The monoisotopic (exact) mass is 293 g/mol. The Balaban J connectivity index is 1.58. The van der Waals surface area contributed by atoms with Gasteiger partial charge in [0.15, 0.2) is 0 Å². The van der Waals surface area contributed by atoms with Gasteiger partial charge in [-0.25, -0.2) is 4.79 Å². The molecule has 3 aliphatic rings. The molecule has 1 saturated carbocycles. The highest BCUT2D eigenvalue weighted by molar-refractivity contribution is 5.83. The fraction of sp³-hybridized carbons (Fsp3) is 0.786. The van der Waals surface area contributed by atoms with Crippen molar-refractivity contribution in [2.24, 2.45) is 5.92 Å². The Kier molecular flexibility index (Phi) is 3.83. The molecular formula is C14H19N3O4. The summed E-state index contributed by atoms with van der Waals surface area (Å²) in [6.45, 7) is 0.363. The van der Waals surface area contributed by atoms with Crippen LogP contribution in [0, 0.1) is 17.2 Å². The number of carbonyl (C=O) groups is 2. The molecule has 2 bridgehead atoms. The van der Waals surface area contributed by atoms with Crippen molar-refractivity contribution in [3.05, 3.63) is 0 Å². The van der Waals surface area contributed by atoms with E-state index in [2.05, 4.69) is 11.4 Å². The minimum atomic E-state index is -0.973. The van der Waals surface area contributed by atoms with E-state index in [1.807, 2.05) is 0 Å². The van der Waals surface area contributed by atoms with Crippen LogP contribution in [0.15, 0.2) is 0 Å². The Morgan fingerprint density at radius 3 is 2.86 bits per heavy atom. The lowest BCUT2D eigenvalue weighted by Gasteiger charge is -2.31. The number of hydrogen-bond donors (Lipinski definition) is 2. The molecule has 0 aromatic rings. The molecule has 5 atom stereocenters. The number of carboxylic acids is 1. The van der Waals surface area contributed by atoms with Crippen molar-refractivity contribution in [3.63, 3.8) is 0 Å². The maximum Gasteiger partial charge on any atom is 0.329 e. The summed E-state index contributed by atoms with van der Waals surface area (Å²) < 4.78 is 5.35. The molecule has 2 heterocycles. The van der Waals surface area contributed by atoms with Gasteiger partial charge in [-0.1, -0.05) is 0 Å². The highest BCUT2D eigenvalue weighted by atomic mass is 16.5. The Morgan fingerprint density at radius 2 is 2.24 bits per heavy atom. The average Bonchev–Trinajstić information content (AvgIpc) is 3.17. The predicted molar refractivity (Wildman–Crippen MR) is 71.2 cm³/mol. The molecule has 21 heavy (non-hydrogen) atoms. The SMILES string of the molecule is N#C[C@@H]1CCCN1C(=O)[C@H]1N[C@@H]2C[C@H]1C[C@H]2OCC(=O)O. The third-order valence-electron chi connectivity index (χ3n) is 4.78. The normalized spacial score (nSPS) is 37.7. The van der Waals surface area contributed by atoms with E-state index in [-0.39, 0.29) is 42.7 Å². The van der Waals surface area contributed by atoms with Crippen LogP contribution in [-0.2, 0) is 14.3 Å². The first kappa shape index (κ1) is 14.3. The summed E-state index contributed by atoms with van der Waals surface area (Å²) >= 11 is 0. The number of hydrogen-bond acceptors (Lipinski definition) is 5. The van der Waals surface area contributed by atoms with Crippen LogP contribution in [0.2, 0.25) is 0 Å². The number of carbonyl (C=O) groups excluding carboxylic acids is 1. The van der Waals surface area contributed by atoms with Crippen molar-refractivity contribution >= 4 is 11.9 Å². The quantitative estimate of drug-likeness (QED) is 0.739. The number of amides is 1. The molecule has 7 heteroatoms. The maximum atomic E-state index is 12.6. The average molecular weight is 293 g/mol. The molecule has 1 amide bonds. The van der Waals surface area contributed by atoms with E-state index in [1.54, 1.807) is 4.90 Å². The van der Waals surface area contributed by atoms with Gasteiger partial charge < -0.3 is 20.1 Å². The van der Waals surface area contributed by atoms with E-state index >= 15 is 0 Å². The summed E-state index contributed by atoms with van der Waals surface area (Å²) in [4.78, 5) is 24.8. The van der Waals surface area contributed by atoms with E-state index in [1.165, 1.54) is 0 Å². The van der Waals surface area contributed by atoms with Crippen LogP contribution in [0.4, 0.5) is 0 Å². The number of aliphatic carboxylic acids is 1. The highest BCUT2D eigenvalue weighted by Gasteiger charge is 2.50. The summed E-state index contributed by atoms with van der Waals surface area (Å²) in [6.07, 6.45) is 3.07. The van der Waals surface area contributed by atoms with Crippen LogP contribution in [0.5, 0.6) is 0 Å². The minimum Gasteiger partial charge on any atom is -0.480 e. The van der Waals surface area contributed by atoms with Gasteiger partial charge in [0.2, 0.25) is 5.91 Å². The number of nitrogens with one attached hydrogen (secondary N) is 1. The molecular weight excluding hydrogens is 274 g/mol. The molecule has 0 aromatic heterocycles. The molecule has 3 rings (SSSR count). The topological polar surface area (TPSA) is 103 Å². The third kappa shape index (κ3) is 2.61. The zero-order valence-corrected chi connectivity index (χ0v) is 11.7. The number of carboxylic acid groups (broad SMARTS) is 1. The Hall–Kier alpha value is -1.65. The number of nitriles is 1. The summed E-state index contributed by atoms with van der Waals surface area (Å²) in [7, 11) is 0. The molecule has 2 aliphatic heterocycles. The molecule has 3 fully saturated rings. The number of rotatable bonds is 4. The summed E-state index contributed by atoms with van der Waals surface area (Å²) in [5.41, 5.74) is 0. The number of fused-ring (bicyclic) bond motifs is 2. The largest absolute Gasteiger partial charge is 0.480 e. The lowest BCUT2D eigenvalue weighted by Crippen LogP contribution is -2.54. The molecule has 114 valence electrons. The number of likely N-dealkylation sites (tertiary alicyclic amines) is 1.